The largest absolute Gasteiger partial charge is 0.550 e. The number of hydrogen-bond donors (Lipinski definition) is 2. The number of unbranched alkanes of at least 4 members (excludes halogenated alkanes) is 1. The van der Waals surface area contributed by atoms with Crippen LogP contribution in [-0.2, 0) is 33.4 Å². The second kappa shape index (κ2) is 24.0. The number of esters is 3. The molecule has 2 N–H and O–H groups in total. The van der Waals surface area contributed by atoms with Gasteiger partial charge in [-0.25, -0.2) is 0 Å². The Morgan fingerprint density at radius 3 is 1.30 bits per heavy atom. The lowest BCUT2D eigenvalue weighted by Gasteiger charge is -2.33. The number of likely N-dealkylation sites (N-methyl/N-ethyl adjacent to an activating group) is 2. The predicted molar refractivity (Wildman–Crippen MR) is 182 cm³/mol. The molecule has 0 bridgehead atoms. The van der Waals surface area contributed by atoms with Crippen LogP contribution in [-0.4, -0.2) is 85.0 Å². The molecule has 0 amide bonds. The maximum absolute atomic E-state index is 12.5. The molecule has 0 aromatic carbocycles. The van der Waals surface area contributed by atoms with Crippen LogP contribution in [0.4, 0.5) is 0 Å². The van der Waals surface area contributed by atoms with E-state index < -0.39 is 22.2 Å². The van der Waals surface area contributed by atoms with Gasteiger partial charge >= 0.3 is 17.9 Å². The summed E-state index contributed by atoms with van der Waals surface area (Å²) in [4.78, 5) is 49.2. The Hall–Kier alpha value is -2.20. The lowest BCUT2D eigenvalue weighted by atomic mass is 9.72. The predicted octanol–water partition coefficient (Wildman–Crippen LogP) is 2.91. The van der Waals surface area contributed by atoms with Gasteiger partial charge in [-0.05, 0) is 73.1 Å². The lowest BCUT2D eigenvalue weighted by molar-refractivity contribution is -0.858. The molecule has 10 nitrogen and oxygen atoms in total. The normalized spacial score (nSPS) is 14.1. The summed E-state index contributed by atoms with van der Waals surface area (Å²) >= 11 is 0. The van der Waals surface area contributed by atoms with Crippen LogP contribution < -0.4 is 14.9 Å². The van der Waals surface area contributed by atoms with Crippen LogP contribution in [0.25, 0.3) is 0 Å². The van der Waals surface area contributed by atoms with Crippen molar-refractivity contribution in [2.24, 2.45) is 21.7 Å². The molecule has 2 unspecified atom stereocenters. The number of hydrogen-bond acceptors (Lipinski definition) is 8. The summed E-state index contributed by atoms with van der Waals surface area (Å²) in [5, 5.41) is 10.5. The van der Waals surface area contributed by atoms with Gasteiger partial charge in [-0.3, -0.25) is 14.4 Å². The summed E-state index contributed by atoms with van der Waals surface area (Å²) < 4.78 is 15.9. The van der Waals surface area contributed by atoms with E-state index in [-0.39, 0.29) is 23.3 Å². The van der Waals surface area contributed by atoms with Gasteiger partial charge in [0.05, 0.1) is 51.0 Å². The number of carbonyl (C=O) groups excluding carboxylic acids is 4. The molecule has 0 spiro atoms. The summed E-state index contributed by atoms with van der Waals surface area (Å²) in [6.07, 6.45) is 6.17. The van der Waals surface area contributed by atoms with Crippen LogP contribution in [0.2, 0.25) is 0 Å². The van der Waals surface area contributed by atoms with Crippen molar-refractivity contribution < 1.29 is 48.3 Å². The first-order chi connectivity index (χ1) is 21.0. The van der Waals surface area contributed by atoms with Crippen molar-refractivity contribution in [1.82, 2.24) is 0 Å². The molecule has 0 saturated heterocycles. The van der Waals surface area contributed by atoms with Crippen LogP contribution >= 0.6 is 0 Å². The van der Waals surface area contributed by atoms with Crippen molar-refractivity contribution >= 4 is 23.9 Å². The number of carboxylic acids is 1. The molecule has 0 aromatic heterocycles. The highest BCUT2D eigenvalue weighted by molar-refractivity contribution is 5.80. The van der Waals surface area contributed by atoms with Crippen LogP contribution in [0.1, 0.15) is 128 Å². The van der Waals surface area contributed by atoms with Crippen molar-refractivity contribution in [2.75, 3.05) is 61.1 Å². The maximum atomic E-state index is 12.5. The molecule has 274 valence electrons. The minimum atomic E-state index is -0.920. The number of rotatable bonds is 20. The summed E-state index contributed by atoms with van der Waals surface area (Å²) in [6.45, 7) is 23.9. The second-order valence-corrected chi connectivity index (χ2v) is 14.8. The molecule has 0 aromatic rings. The van der Waals surface area contributed by atoms with Gasteiger partial charge in [0.15, 0.2) is 0 Å². The molecule has 0 aliphatic heterocycles. The average Bonchev–Trinajstić information content (AvgIpc) is 2.96. The van der Waals surface area contributed by atoms with Crippen LogP contribution in [0.5, 0.6) is 0 Å². The highest BCUT2D eigenvalue weighted by Gasteiger charge is 2.43. The highest BCUT2D eigenvalue weighted by atomic mass is 16.5. The molecule has 2 atom stereocenters. The van der Waals surface area contributed by atoms with Crippen LogP contribution in [0.15, 0.2) is 0 Å². The lowest BCUT2D eigenvalue weighted by Crippen LogP contribution is -3.06. The monoisotopic (exact) mass is 662 g/mol. The fourth-order valence-corrected chi connectivity index (χ4v) is 4.08. The Kier molecular flexibility index (Phi) is 25.2. The third kappa shape index (κ3) is 20.8. The fourth-order valence-electron chi connectivity index (χ4n) is 4.08. The van der Waals surface area contributed by atoms with Gasteiger partial charge in [0.2, 0.25) is 0 Å². The zero-order chi connectivity index (χ0) is 36.8. The zero-order valence-electron chi connectivity index (χ0n) is 32.5. The molecule has 0 rings (SSSR count). The summed E-state index contributed by atoms with van der Waals surface area (Å²) in [5.74, 6) is -1.48. The van der Waals surface area contributed by atoms with Gasteiger partial charge in [0.1, 0.15) is 26.3 Å². The summed E-state index contributed by atoms with van der Waals surface area (Å²) in [7, 11) is 8.06. The number of carbonyl (C=O) groups is 4. The minimum Gasteiger partial charge on any atom is -0.550 e. The van der Waals surface area contributed by atoms with Gasteiger partial charge in [-0.2, -0.15) is 0 Å². The SMILES string of the molecule is CCC(C)(CC(C)(C)C(=O)OCC[NH+](C)C)C(=O)OCC[NH+](C)C.CCCC(C)(CC)C(=O)[O-].CCCCOC(=O)C(C)(C)CC. The molecule has 0 aliphatic carbocycles. The Morgan fingerprint density at radius 1 is 0.565 bits per heavy atom. The third-order valence-electron chi connectivity index (χ3n) is 8.57. The first-order valence-electron chi connectivity index (χ1n) is 17.4. The first kappa shape index (κ1) is 48.2. The molecule has 0 heterocycles. The smallest absolute Gasteiger partial charge is 0.312 e. The molecular weight excluding hydrogens is 588 g/mol. The molecule has 0 saturated carbocycles. The van der Waals surface area contributed by atoms with E-state index in [1.165, 1.54) is 9.80 Å². The minimum absolute atomic E-state index is 0.0709. The van der Waals surface area contributed by atoms with E-state index in [0.29, 0.717) is 45.5 Å². The molecule has 46 heavy (non-hydrogen) atoms. The summed E-state index contributed by atoms with van der Waals surface area (Å²) in [6, 6.07) is 0. The fraction of sp³-hybridized carbons (Fsp3) is 0.889. The topological polar surface area (TPSA) is 128 Å². The van der Waals surface area contributed by atoms with E-state index in [2.05, 4.69) is 6.92 Å². The van der Waals surface area contributed by atoms with E-state index in [4.69, 9.17) is 14.2 Å². The maximum Gasteiger partial charge on any atom is 0.312 e. The van der Waals surface area contributed by atoms with E-state index in [1.807, 2.05) is 90.5 Å². The number of aliphatic carboxylic acids is 1. The Labute approximate surface area is 282 Å². The molecule has 0 fully saturated rings. The van der Waals surface area contributed by atoms with Crippen molar-refractivity contribution in [3.8, 4) is 0 Å². The quantitative estimate of drug-likeness (QED) is 0.116. The molecule has 10 heteroatoms. The van der Waals surface area contributed by atoms with Gasteiger partial charge < -0.3 is 33.9 Å². The number of nitrogens with one attached hydrogen (secondary N) is 2. The number of quaternary nitrogens is 2. The van der Waals surface area contributed by atoms with Crippen molar-refractivity contribution in [1.29, 1.82) is 0 Å². The van der Waals surface area contributed by atoms with Gasteiger partial charge in [0.25, 0.3) is 0 Å². The van der Waals surface area contributed by atoms with E-state index in [0.717, 1.165) is 38.8 Å². The van der Waals surface area contributed by atoms with E-state index in [9.17, 15) is 24.3 Å². The van der Waals surface area contributed by atoms with Gasteiger partial charge in [-0.1, -0.05) is 54.4 Å². The molecular formula is C36H73N2O8+. The third-order valence-corrected chi connectivity index (χ3v) is 8.57. The van der Waals surface area contributed by atoms with E-state index in [1.54, 1.807) is 6.92 Å². The van der Waals surface area contributed by atoms with Crippen LogP contribution in [0, 0.1) is 21.7 Å². The zero-order valence-corrected chi connectivity index (χ0v) is 32.5. The number of ether oxygens (including phenoxy) is 3. The Bertz CT molecular complexity index is 872. The Balaban J connectivity index is -0.000000696. The van der Waals surface area contributed by atoms with Crippen molar-refractivity contribution in [2.45, 2.75) is 128 Å². The van der Waals surface area contributed by atoms with Gasteiger partial charge in [-0.15, -0.1) is 0 Å². The van der Waals surface area contributed by atoms with Crippen molar-refractivity contribution in [3.63, 3.8) is 0 Å². The van der Waals surface area contributed by atoms with Crippen molar-refractivity contribution in [3.05, 3.63) is 0 Å². The second-order valence-electron chi connectivity index (χ2n) is 14.8. The Morgan fingerprint density at radius 2 is 0.978 bits per heavy atom. The standard InChI is InChI=1S/C18H36N2O4.C10H20O2.C8H16O2/c1-9-18(4,16(22)24-13-11-20(7)8)14-17(2,3)15(21)23-12-10-19(5)6;1-5-7-8-12-9(11)10(3,4)6-2;1-4-6-8(3,5-2)7(9)10/h9-14H2,1-8H3;5-8H2,1-4H3;4-6H2,1-3H3,(H,9,10)/p+1. The van der Waals surface area contributed by atoms with Crippen LogP contribution in [0.3, 0.4) is 0 Å². The molecule has 0 radical (unpaired) electrons. The highest BCUT2D eigenvalue weighted by Crippen LogP contribution is 2.38. The first-order valence-corrected chi connectivity index (χ1v) is 17.4. The van der Waals surface area contributed by atoms with Gasteiger partial charge in [0, 0.05) is 11.4 Å². The average molecular weight is 662 g/mol. The van der Waals surface area contributed by atoms with E-state index >= 15 is 0 Å². The molecule has 0 aliphatic rings. The number of carboxylic acid groups (broad SMARTS) is 1. The summed E-state index contributed by atoms with van der Waals surface area (Å²) in [5.41, 5.74) is -2.32.